The van der Waals surface area contributed by atoms with Gasteiger partial charge in [-0.05, 0) is 44.3 Å². The van der Waals surface area contributed by atoms with E-state index in [2.05, 4.69) is 78.9 Å². The van der Waals surface area contributed by atoms with Gasteiger partial charge in [-0.15, -0.1) is 0 Å². The molecule has 28 heavy (non-hydrogen) atoms. The minimum Gasteiger partial charge on any atom is -0.289 e. The minimum atomic E-state index is 0.124. The Morgan fingerprint density at radius 3 is 1.86 bits per heavy atom. The molecular formula is C27H16O. The zero-order valence-corrected chi connectivity index (χ0v) is 15.1. The van der Waals surface area contributed by atoms with E-state index in [0.29, 0.717) is 0 Å². The lowest BCUT2D eigenvalue weighted by atomic mass is 9.91. The van der Waals surface area contributed by atoms with Crippen LogP contribution < -0.4 is 0 Å². The predicted molar refractivity (Wildman–Crippen MR) is 116 cm³/mol. The molecule has 0 amide bonds. The van der Waals surface area contributed by atoms with Crippen LogP contribution in [-0.4, -0.2) is 5.78 Å². The Morgan fingerprint density at radius 2 is 1.00 bits per heavy atom. The van der Waals surface area contributed by atoms with Crippen molar-refractivity contribution >= 4 is 27.3 Å². The number of rotatable bonds is 1. The van der Waals surface area contributed by atoms with Gasteiger partial charge in [-0.25, -0.2) is 0 Å². The lowest BCUT2D eigenvalue weighted by Crippen LogP contribution is -1.98. The zero-order chi connectivity index (χ0) is 18.7. The molecule has 0 saturated heterocycles. The molecule has 0 heterocycles. The van der Waals surface area contributed by atoms with Gasteiger partial charge in [0, 0.05) is 16.7 Å². The van der Waals surface area contributed by atoms with Crippen molar-refractivity contribution in [1.82, 2.24) is 0 Å². The van der Waals surface area contributed by atoms with Crippen molar-refractivity contribution in [2.24, 2.45) is 0 Å². The van der Waals surface area contributed by atoms with Crippen LogP contribution in [0, 0.1) is 0 Å². The second-order valence-corrected chi connectivity index (χ2v) is 7.29. The van der Waals surface area contributed by atoms with Crippen LogP contribution in [0.1, 0.15) is 15.9 Å². The Morgan fingerprint density at radius 1 is 0.393 bits per heavy atom. The molecule has 1 aliphatic carbocycles. The number of hydrogen-bond acceptors (Lipinski definition) is 1. The number of ketones is 1. The molecule has 0 fully saturated rings. The maximum Gasteiger partial charge on any atom is 0.194 e. The van der Waals surface area contributed by atoms with Crippen molar-refractivity contribution in [3.8, 4) is 22.3 Å². The number of hydrogen-bond donors (Lipinski definition) is 0. The summed E-state index contributed by atoms with van der Waals surface area (Å²) >= 11 is 0. The molecule has 1 nitrogen and oxygen atoms in total. The first-order valence-electron chi connectivity index (χ1n) is 9.51. The summed E-state index contributed by atoms with van der Waals surface area (Å²) in [6.45, 7) is 0. The van der Waals surface area contributed by atoms with Crippen LogP contribution in [0.15, 0.2) is 97.1 Å². The van der Waals surface area contributed by atoms with Crippen LogP contribution in [0.5, 0.6) is 0 Å². The summed E-state index contributed by atoms with van der Waals surface area (Å²) < 4.78 is 0. The first-order chi connectivity index (χ1) is 13.8. The van der Waals surface area contributed by atoms with Crippen molar-refractivity contribution in [3.63, 3.8) is 0 Å². The fourth-order valence-electron chi connectivity index (χ4n) is 4.58. The lowest BCUT2D eigenvalue weighted by molar-refractivity contribution is 0.104. The van der Waals surface area contributed by atoms with Crippen molar-refractivity contribution in [2.45, 2.75) is 0 Å². The minimum absolute atomic E-state index is 0.124. The topological polar surface area (TPSA) is 17.1 Å². The molecule has 0 aliphatic heterocycles. The van der Waals surface area contributed by atoms with Crippen molar-refractivity contribution < 1.29 is 4.79 Å². The van der Waals surface area contributed by atoms with Crippen LogP contribution in [0.3, 0.4) is 0 Å². The highest BCUT2D eigenvalue weighted by molar-refractivity contribution is 6.28. The molecule has 0 spiro atoms. The van der Waals surface area contributed by atoms with Crippen molar-refractivity contribution in [3.05, 3.63) is 108 Å². The van der Waals surface area contributed by atoms with E-state index in [1.807, 2.05) is 18.2 Å². The summed E-state index contributed by atoms with van der Waals surface area (Å²) in [5.74, 6) is 0.124. The normalized spacial score (nSPS) is 12.4. The van der Waals surface area contributed by atoms with Crippen LogP contribution in [0.2, 0.25) is 0 Å². The number of carbonyl (C=O) groups is 1. The molecule has 6 rings (SSSR count). The molecule has 0 aromatic heterocycles. The molecule has 0 unspecified atom stereocenters. The van der Waals surface area contributed by atoms with Gasteiger partial charge in [-0.1, -0.05) is 91.0 Å². The van der Waals surface area contributed by atoms with E-state index >= 15 is 0 Å². The summed E-state index contributed by atoms with van der Waals surface area (Å²) in [7, 11) is 0. The highest BCUT2D eigenvalue weighted by atomic mass is 16.1. The zero-order valence-electron chi connectivity index (χ0n) is 15.1. The van der Waals surface area contributed by atoms with Crippen LogP contribution in [-0.2, 0) is 0 Å². The molecule has 0 radical (unpaired) electrons. The van der Waals surface area contributed by atoms with E-state index in [9.17, 15) is 4.79 Å². The number of benzene rings is 5. The third-order valence-electron chi connectivity index (χ3n) is 5.81. The molecule has 1 aliphatic rings. The second kappa shape index (κ2) is 5.64. The highest BCUT2D eigenvalue weighted by Crippen LogP contribution is 2.45. The lowest BCUT2D eigenvalue weighted by Gasteiger charge is -2.11. The van der Waals surface area contributed by atoms with E-state index in [0.717, 1.165) is 44.2 Å². The van der Waals surface area contributed by atoms with E-state index in [4.69, 9.17) is 0 Å². The van der Waals surface area contributed by atoms with Crippen molar-refractivity contribution in [2.75, 3.05) is 0 Å². The molecule has 0 atom stereocenters. The summed E-state index contributed by atoms with van der Waals surface area (Å²) in [5, 5.41) is 4.66. The van der Waals surface area contributed by atoms with Crippen LogP contribution in [0.25, 0.3) is 43.8 Å². The summed E-state index contributed by atoms with van der Waals surface area (Å²) in [6.07, 6.45) is 0. The maximum atomic E-state index is 13.5. The van der Waals surface area contributed by atoms with E-state index in [1.54, 1.807) is 0 Å². The first kappa shape index (κ1) is 15.4. The van der Waals surface area contributed by atoms with Gasteiger partial charge in [0.05, 0.1) is 0 Å². The van der Waals surface area contributed by atoms with Gasteiger partial charge < -0.3 is 0 Å². The Balaban J connectivity index is 1.71. The molecule has 5 aromatic rings. The van der Waals surface area contributed by atoms with Crippen molar-refractivity contribution in [1.29, 1.82) is 0 Å². The van der Waals surface area contributed by atoms with Gasteiger partial charge in [-0.2, -0.15) is 0 Å². The van der Waals surface area contributed by atoms with Crippen LogP contribution in [0.4, 0.5) is 0 Å². The van der Waals surface area contributed by atoms with Crippen LogP contribution >= 0.6 is 0 Å². The van der Waals surface area contributed by atoms with Gasteiger partial charge in [0.2, 0.25) is 0 Å². The monoisotopic (exact) mass is 356 g/mol. The molecule has 130 valence electrons. The van der Waals surface area contributed by atoms with Gasteiger partial charge in [0.15, 0.2) is 5.78 Å². The molecule has 5 aromatic carbocycles. The van der Waals surface area contributed by atoms with Gasteiger partial charge in [0.25, 0.3) is 0 Å². The first-order valence-corrected chi connectivity index (χ1v) is 9.51. The van der Waals surface area contributed by atoms with Gasteiger partial charge in [0.1, 0.15) is 0 Å². The van der Waals surface area contributed by atoms with Gasteiger partial charge >= 0.3 is 0 Å². The highest BCUT2D eigenvalue weighted by Gasteiger charge is 2.31. The van der Waals surface area contributed by atoms with E-state index < -0.39 is 0 Å². The molecular weight excluding hydrogens is 340 g/mol. The SMILES string of the molecule is O=C1c2ccc3ccccc3c2-c2cccc(-c3cccc4ccccc34)c21. The Bertz CT molecular complexity index is 1420. The quantitative estimate of drug-likeness (QED) is 0.314. The van der Waals surface area contributed by atoms with Gasteiger partial charge in [-0.3, -0.25) is 4.79 Å². The summed E-state index contributed by atoms with van der Waals surface area (Å²) in [5.41, 5.74) is 5.87. The maximum absolute atomic E-state index is 13.5. The molecule has 0 saturated carbocycles. The predicted octanol–water partition coefficient (Wildman–Crippen LogP) is 6.87. The Labute approximate surface area is 162 Å². The Kier molecular flexibility index (Phi) is 3.09. The number of carbonyl (C=O) groups excluding carboxylic acids is 1. The average molecular weight is 356 g/mol. The average Bonchev–Trinajstić information content (AvgIpc) is 3.06. The third-order valence-corrected chi connectivity index (χ3v) is 5.81. The number of fused-ring (bicyclic) bond motifs is 6. The largest absolute Gasteiger partial charge is 0.289 e. The smallest absolute Gasteiger partial charge is 0.194 e. The Hall–Kier alpha value is -3.71. The summed E-state index contributed by atoms with van der Waals surface area (Å²) in [4.78, 5) is 13.5. The van der Waals surface area contributed by atoms with E-state index in [1.165, 1.54) is 10.8 Å². The third kappa shape index (κ3) is 1.99. The molecule has 1 heteroatoms. The second-order valence-electron chi connectivity index (χ2n) is 7.29. The van der Waals surface area contributed by atoms with E-state index in [-0.39, 0.29) is 5.78 Å². The fraction of sp³-hybridized carbons (Fsp3) is 0. The summed E-state index contributed by atoms with van der Waals surface area (Å²) in [6, 6.07) is 33.2. The molecule has 0 bridgehead atoms. The standard InChI is InChI=1S/C27H16O/c28-27-24-16-15-18-8-2-4-11-20(18)25(24)23-14-6-13-22(26(23)27)21-12-5-9-17-7-1-3-10-19(17)21/h1-16H. The fourth-order valence-corrected chi connectivity index (χ4v) is 4.58. The molecule has 0 N–H and O–H groups in total.